The minimum absolute atomic E-state index is 0.0931. The fourth-order valence-electron chi connectivity index (χ4n) is 2.58. The number of nitrogens with zero attached hydrogens (tertiary/aromatic N) is 4. The molecule has 3 heterocycles. The second-order valence-corrected chi connectivity index (χ2v) is 5.35. The van der Waals surface area contributed by atoms with Gasteiger partial charge in [-0.05, 0) is 12.1 Å². The number of nitrogens with one attached hydrogen (secondary N) is 1. The van der Waals surface area contributed by atoms with E-state index in [-0.39, 0.29) is 5.91 Å². The second-order valence-electron chi connectivity index (χ2n) is 5.35. The van der Waals surface area contributed by atoms with Crippen molar-refractivity contribution in [2.75, 3.05) is 31.1 Å². The minimum atomic E-state index is -0.521. The molecule has 1 saturated heterocycles. The zero-order valence-corrected chi connectivity index (χ0v) is 12.7. The molecule has 23 heavy (non-hydrogen) atoms. The van der Waals surface area contributed by atoms with Crippen molar-refractivity contribution in [1.29, 1.82) is 0 Å². The highest BCUT2D eigenvalue weighted by Gasteiger charge is 2.18. The summed E-state index contributed by atoms with van der Waals surface area (Å²) in [7, 11) is 0. The van der Waals surface area contributed by atoms with Gasteiger partial charge in [0.1, 0.15) is 5.82 Å². The molecule has 3 rings (SSSR count). The summed E-state index contributed by atoms with van der Waals surface area (Å²) in [4.78, 5) is 44.6. The fraction of sp³-hybridized carbons (Fsp3) is 0.333. The molecule has 8 heteroatoms. The Balaban J connectivity index is 1.76. The van der Waals surface area contributed by atoms with Crippen molar-refractivity contribution in [2.45, 2.75) is 6.92 Å². The Labute approximate surface area is 132 Å². The van der Waals surface area contributed by atoms with Crippen LogP contribution in [-0.4, -0.2) is 51.5 Å². The van der Waals surface area contributed by atoms with Crippen molar-refractivity contribution in [3.8, 4) is 5.82 Å². The molecular formula is C15H17N5O3. The molecule has 2 aromatic heterocycles. The maximum Gasteiger partial charge on any atom is 0.334 e. The number of amides is 1. The molecule has 0 radical (unpaired) electrons. The Morgan fingerprint density at radius 1 is 1.13 bits per heavy atom. The van der Waals surface area contributed by atoms with Gasteiger partial charge in [-0.15, -0.1) is 0 Å². The Bertz CT molecular complexity index is 816. The maximum atomic E-state index is 11.7. The lowest BCUT2D eigenvalue weighted by Gasteiger charge is -2.35. The molecular weight excluding hydrogens is 298 g/mol. The number of anilines is 1. The van der Waals surface area contributed by atoms with Gasteiger partial charge in [-0.3, -0.25) is 19.1 Å². The zero-order valence-electron chi connectivity index (χ0n) is 12.7. The summed E-state index contributed by atoms with van der Waals surface area (Å²) < 4.78 is 1.28. The smallest absolute Gasteiger partial charge is 0.334 e. The van der Waals surface area contributed by atoms with Crippen LogP contribution in [0.5, 0.6) is 0 Å². The van der Waals surface area contributed by atoms with Crippen LogP contribution in [0.15, 0.2) is 40.2 Å². The lowest BCUT2D eigenvalue weighted by Crippen LogP contribution is -2.48. The number of H-pyrrole nitrogens is 1. The first kappa shape index (κ1) is 15.0. The highest BCUT2D eigenvalue weighted by Crippen LogP contribution is 2.16. The topological polar surface area (TPSA) is 91.3 Å². The van der Waals surface area contributed by atoms with Crippen LogP contribution in [-0.2, 0) is 4.79 Å². The molecule has 0 unspecified atom stereocenters. The highest BCUT2D eigenvalue weighted by atomic mass is 16.2. The van der Waals surface area contributed by atoms with E-state index in [1.165, 1.54) is 16.8 Å². The summed E-state index contributed by atoms with van der Waals surface area (Å²) in [5.41, 5.74) is -0.0199. The Kier molecular flexibility index (Phi) is 3.96. The van der Waals surface area contributed by atoms with Crippen LogP contribution in [0.4, 0.5) is 5.69 Å². The summed E-state index contributed by atoms with van der Waals surface area (Å²) >= 11 is 0. The van der Waals surface area contributed by atoms with Crippen LogP contribution < -0.4 is 16.1 Å². The number of hydrogen-bond acceptors (Lipinski definition) is 5. The summed E-state index contributed by atoms with van der Waals surface area (Å²) in [6.07, 6.45) is 3.09. The third kappa shape index (κ3) is 3.15. The molecule has 120 valence electrons. The van der Waals surface area contributed by atoms with E-state index < -0.39 is 11.2 Å². The normalized spacial score (nSPS) is 14.8. The van der Waals surface area contributed by atoms with Crippen molar-refractivity contribution in [3.05, 3.63) is 51.4 Å². The molecule has 0 bridgehead atoms. The lowest BCUT2D eigenvalue weighted by molar-refractivity contribution is -0.129. The van der Waals surface area contributed by atoms with E-state index >= 15 is 0 Å². The Hall–Kier alpha value is -2.90. The van der Waals surface area contributed by atoms with E-state index in [1.807, 2.05) is 11.0 Å². The lowest BCUT2D eigenvalue weighted by atomic mass is 10.2. The summed E-state index contributed by atoms with van der Waals surface area (Å²) in [5, 5.41) is 0. The molecule has 0 atom stereocenters. The molecule has 1 amide bonds. The maximum absolute atomic E-state index is 11.7. The number of aromatic amines is 1. The molecule has 0 aliphatic carbocycles. The van der Waals surface area contributed by atoms with E-state index in [0.29, 0.717) is 18.9 Å². The van der Waals surface area contributed by atoms with Gasteiger partial charge >= 0.3 is 5.69 Å². The molecule has 2 aromatic rings. The van der Waals surface area contributed by atoms with Gasteiger partial charge in [0.15, 0.2) is 0 Å². The van der Waals surface area contributed by atoms with Gasteiger partial charge in [0.2, 0.25) is 5.91 Å². The van der Waals surface area contributed by atoms with Crippen LogP contribution in [0.1, 0.15) is 6.92 Å². The third-order valence-electron chi connectivity index (χ3n) is 3.89. The van der Waals surface area contributed by atoms with Gasteiger partial charge in [0.05, 0.1) is 11.9 Å². The number of piperazine rings is 1. The summed E-state index contributed by atoms with van der Waals surface area (Å²) in [6.45, 7) is 4.46. The number of hydrogen-bond donors (Lipinski definition) is 1. The van der Waals surface area contributed by atoms with Crippen LogP contribution in [0.2, 0.25) is 0 Å². The van der Waals surface area contributed by atoms with Crippen molar-refractivity contribution >= 4 is 11.6 Å². The van der Waals surface area contributed by atoms with E-state index in [4.69, 9.17) is 0 Å². The zero-order chi connectivity index (χ0) is 16.4. The number of carbonyl (C=O) groups is 1. The van der Waals surface area contributed by atoms with E-state index in [0.717, 1.165) is 18.8 Å². The van der Waals surface area contributed by atoms with Crippen molar-refractivity contribution in [2.24, 2.45) is 0 Å². The Morgan fingerprint density at radius 2 is 1.87 bits per heavy atom. The van der Waals surface area contributed by atoms with Crippen LogP contribution in [0.3, 0.4) is 0 Å². The molecule has 8 nitrogen and oxygen atoms in total. The van der Waals surface area contributed by atoms with Gasteiger partial charge < -0.3 is 9.80 Å². The van der Waals surface area contributed by atoms with Crippen molar-refractivity contribution in [3.63, 3.8) is 0 Å². The van der Waals surface area contributed by atoms with Crippen LogP contribution >= 0.6 is 0 Å². The summed E-state index contributed by atoms with van der Waals surface area (Å²) in [6, 6.07) is 4.88. The fourth-order valence-corrected chi connectivity index (χ4v) is 2.58. The average Bonchev–Trinajstić information content (AvgIpc) is 2.55. The van der Waals surface area contributed by atoms with E-state index in [2.05, 4.69) is 14.9 Å². The average molecular weight is 315 g/mol. The van der Waals surface area contributed by atoms with Crippen LogP contribution in [0.25, 0.3) is 5.82 Å². The standard InChI is InChI=1S/C15H17N5O3/c1-11(21)18-6-8-19(9-7-18)12-2-3-13(16-10-12)20-5-4-14(22)17-15(20)23/h2-5,10H,6-9H2,1H3,(H,17,22,23). The molecule has 1 aliphatic heterocycles. The highest BCUT2D eigenvalue weighted by molar-refractivity contribution is 5.73. The predicted molar refractivity (Wildman–Crippen MR) is 84.9 cm³/mol. The first-order valence-corrected chi connectivity index (χ1v) is 7.33. The van der Waals surface area contributed by atoms with Crippen molar-refractivity contribution in [1.82, 2.24) is 19.4 Å². The largest absolute Gasteiger partial charge is 0.367 e. The van der Waals surface area contributed by atoms with E-state index in [1.54, 1.807) is 19.2 Å². The quantitative estimate of drug-likeness (QED) is 0.813. The van der Waals surface area contributed by atoms with E-state index in [9.17, 15) is 14.4 Å². The van der Waals surface area contributed by atoms with Crippen molar-refractivity contribution < 1.29 is 4.79 Å². The Morgan fingerprint density at radius 3 is 2.43 bits per heavy atom. The molecule has 0 spiro atoms. The van der Waals surface area contributed by atoms with Gasteiger partial charge in [-0.1, -0.05) is 0 Å². The SMILES string of the molecule is CC(=O)N1CCN(c2ccc(-n3ccc(=O)[nH]c3=O)nc2)CC1. The van der Waals surface area contributed by atoms with Gasteiger partial charge in [-0.2, -0.15) is 0 Å². The molecule has 0 saturated carbocycles. The number of aromatic nitrogens is 3. The second kappa shape index (κ2) is 6.07. The predicted octanol–water partition coefficient (Wildman–Crippen LogP) is -0.411. The van der Waals surface area contributed by atoms with Gasteiger partial charge in [0, 0.05) is 45.4 Å². The summed E-state index contributed by atoms with van der Waals surface area (Å²) in [5.74, 6) is 0.535. The first-order chi connectivity index (χ1) is 11.0. The van der Waals surface area contributed by atoms with Gasteiger partial charge in [0.25, 0.3) is 5.56 Å². The minimum Gasteiger partial charge on any atom is -0.367 e. The number of carbonyl (C=O) groups excluding carboxylic acids is 1. The van der Waals surface area contributed by atoms with Gasteiger partial charge in [-0.25, -0.2) is 9.78 Å². The third-order valence-corrected chi connectivity index (χ3v) is 3.89. The molecule has 1 aliphatic rings. The number of rotatable bonds is 2. The molecule has 0 aromatic carbocycles. The monoisotopic (exact) mass is 315 g/mol. The molecule has 1 N–H and O–H groups in total. The van der Waals surface area contributed by atoms with Crippen LogP contribution in [0, 0.1) is 0 Å². The first-order valence-electron chi connectivity index (χ1n) is 7.33. The molecule has 1 fully saturated rings. The number of pyridine rings is 1.